The summed E-state index contributed by atoms with van der Waals surface area (Å²) in [5, 5.41) is 10.5. The summed E-state index contributed by atoms with van der Waals surface area (Å²) < 4.78 is 1.74. The summed E-state index contributed by atoms with van der Waals surface area (Å²) in [6.45, 7) is 3.68. The van der Waals surface area contributed by atoms with Crippen molar-refractivity contribution in [3.8, 4) is 0 Å². The molecule has 8 heteroatoms. The van der Waals surface area contributed by atoms with Crippen LogP contribution in [0.2, 0.25) is 0 Å². The molecule has 1 fully saturated rings. The number of amides is 1. The first-order valence-corrected chi connectivity index (χ1v) is 10.3. The summed E-state index contributed by atoms with van der Waals surface area (Å²) in [4.78, 5) is 23.8. The van der Waals surface area contributed by atoms with Crippen LogP contribution in [0.4, 0.5) is 23.1 Å². The topological polar surface area (TPSA) is 88.0 Å². The monoisotopic (exact) mass is 403 g/mol. The fourth-order valence-corrected chi connectivity index (χ4v) is 3.87. The Morgan fingerprint density at radius 2 is 2.10 bits per heavy atom. The van der Waals surface area contributed by atoms with E-state index in [4.69, 9.17) is 4.98 Å². The van der Waals surface area contributed by atoms with Crippen LogP contribution >= 0.6 is 0 Å². The van der Waals surface area contributed by atoms with Gasteiger partial charge in [-0.05, 0) is 43.9 Å². The fourth-order valence-electron chi connectivity index (χ4n) is 3.87. The number of anilines is 4. The third-order valence-electron chi connectivity index (χ3n) is 5.60. The van der Waals surface area contributed by atoms with E-state index in [9.17, 15) is 4.79 Å². The first-order chi connectivity index (χ1) is 14.5. The quantitative estimate of drug-likeness (QED) is 0.657. The van der Waals surface area contributed by atoms with E-state index in [1.807, 2.05) is 32.3 Å². The zero-order valence-electron chi connectivity index (χ0n) is 17.2. The molecular weight excluding hydrogens is 378 g/mol. The second-order valence-corrected chi connectivity index (χ2v) is 8.10. The zero-order valence-corrected chi connectivity index (χ0v) is 17.2. The van der Waals surface area contributed by atoms with Crippen molar-refractivity contribution in [1.82, 2.24) is 19.7 Å². The van der Waals surface area contributed by atoms with Crippen molar-refractivity contribution in [2.24, 2.45) is 13.0 Å². The number of fused-ring (bicyclic) bond motifs is 1. The molecule has 0 saturated heterocycles. The van der Waals surface area contributed by atoms with Gasteiger partial charge < -0.3 is 15.5 Å². The van der Waals surface area contributed by atoms with Crippen molar-refractivity contribution in [1.29, 1.82) is 0 Å². The number of carbonyl (C=O) groups excluding carboxylic acids is 1. The molecule has 30 heavy (non-hydrogen) atoms. The van der Waals surface area contributed by atoms with Gasteiger partial charge in [-0.1, -0.05) is 12.1 Å². The predicted octanol–water partition coefficient (Wildman–Crippen LogP) is 3.17. The van der Waals surface area contributed by atoms with Gasteiger partial charge in [-0.2, -0.15) is 10.1 Å². The van der Waals surface area contributed by atoms with E-state index >= 15 is 0 Å². The third-order valence-corrected chi connectivity index (χ3v) is 5.60. The Kier molecular flexibility index (Phi) is 4.61. The Bertz CT molecular complexity index is 1100. The van der Waals surface area contributed by atoms with Gasteiger partial charge in [0.2, 0.25) is 11.9 Å². The number of hydrogen-bond acceptors (Lipinski definition) is 6. The number of benzene rings is 1. The summed E-state index contributed by atoms with van der Waals surface area (Å²) >= 11 is 0. The molecule has 2 aromatic heterocycles. The predicted molar refractivity (Wildman–Crippen MR) is 116 cm³/mol. The maximum atomic E-state index is 12.1. The highest BCUT2D eigenvalue weighted by Gasteiger charge is 2.29. The van der Waals surface area contributed by atoms with Crippen LogP contribution in [-0.2, 0) is 24.8 Å². The van der Waals surface area contributed by atoms with E-state index in [2.05, 4.69) is 37.7 Å². The number of carbonyl (C=O) groups is 1. The molecule has 0 bridgehead atoms. The van der Waals surface area contributed by atoms with E-state index in [1.54, 1.807) is 10.9 Å². The molecule has 0 spiro atoms. The number of nitrogens with one attached hydrogen (secondary N) is 2. The van der Waals surface area contributed by atoms with E-state index in [1.165, 1.54) is 5.56 Å². The lowest BCUT2D eigenvalue weighted by Crippen LogP contribution is -2.21. The van der Waals surface area contributed by atoms with Crippen LogP contribution in [0.5, 0.6) is 0 Å². The first-order valence-electron chi connectivity index (χ1n) is 10.3. The minimum atomic E-state index is 0.133. The van der Waals surface area contributed by atoms with Crippen LogP contribution in [0.15, 0.2) is 36.7 Å². The Hall–Kier alpha value is -3.42. The van der Waals surface area contributed by atoms with Crippen LogP contribution in [0, 0.1) is 12.8 Å². The average Bonchev–Trinajstić information content (AvgIpc) is 3.38. The highest BCUT2D eigenvalue weighted by molar-refractivity contribution is 5.94. The van der Waals surface area contributed by atoms with Gasteiger partial charge in [0.15, 0.2) is 0 Å². The Morgan fingerprint density at radius 3 is 2.87 bits per heavy atom. The van der Waals surface area contributed by atoms with Gasteiger partial charge in [0.1, 0.15) is 5.82 Å². The smallest absolute Gasteiger partial charge is 0.229 e. The van der Waals surface area contributed by atoms with Crippen molar-refractivity contribution >= 4 is 29.0 Å². The zero-order chi connectivity index (χ0) is 20.7. The number of aryl methyl sites for hydroxylation is 2. The molecule has 1 saturated carbocycles. The van der Waals surface area contributed by atoms with Gasteiger partial charge in [0.05, 0.1) is 11.9 Å². The molecule has 0 atom stereocenters. The van der Waals surface area contributed by atoms with E-state index < -0.39 is 0 Å². The second kappa shape index (κ2) is 7.44. The highest BCUT2D eigenvalue weighted by atomic mass is 16.2. The fraction of sp³-hybridized carbons (Fsp3) is 0.364. The van der Waals surface area contributed by atoms with Crippen LogP contribution in [0.25, 0.3) is 0 Å². The molecule has 0 unspecified atom stereocenters. The van der Waals surface area contributed by atoms with Gasteiger partial charge in [-0.25, -0.2) is 4.98 Å². The molecule has 2 N–H and O–H groups in total. The Balaban J connectivity index is 1.34. The van der Waals surface area contributed by atoms with Gasteiger partial charge in [0, 0.05) is 49.2 Å². The van der Waals surface area contributed by atoms with Crippen LogP contribution in [0.3, 0.4) is 0 Å². The third kappa shape index (κ3) is 3.85. The normalized spacial score (nSPS) is 15.2. The lowest BCUT2D eigenvalue weighted by molar-refractivity contribution is -0.117. The molecule has 0 radical (unpaired) electrons. The molecule has 1 aliphatic carbocycles. The van der Waals surface area contributed by atoms with Gasteiger partial charge >= 0.3 is 0 Å². The van der Waals surface area contributed by atoms with E-state index in [0.717, 1.165) is 60.8 Å². The number of aromatic nitrogens is 4. The van der Waals surface area contributed by atoms with Crippen molar-refractivity contribution in [2.45, 2.75) is 32.7 Å². The number of hydrogen-bond donors (Lipinski definition) is 2. The lowest BCUT2D eigenvalue weighted by atomic mass is 10.2. The van der Waals surface area contributed by atoms with Crippen molar-refractivity contribution in [3.63, 3.8) is 0 Å². The highest BCUT2D eigenvalue weighted by Crippen LogP contribution is 2.32. The van der Waals surface area contributed by atoms with Crippen LogP contribution < -0.4 is 15.5 Å². The number of nitrogens with zero attached hydrogens (tertiary/aromatic N) is 5. The van der Waals surface area contributed by atoms with Gasteiger partial charge in [-0.15, -0.1) is 0 Å². The lowest BCUT2D eigenvalue weighted by Gasteiger charge is -2.20. The summed E-state index contributed by atoms with van der Waals surface area (Å²) in [5.41, 5.74) is 5.07. The van der Waals surface area contributed by atoms with E-state index in [0.29, 0.717) is 5.95 Å². The molecule has 154 valence electrons. The van der Waals surface area contributed by atoms with Crippen LogP contribution in [0.1, 0.15) is 29.7 Å². The van der Waals surface area contributed by atoms with Crippen molar-refractivity contribution in [2.75, 3.05) is 22.1 Å². The molecule has 2 aliphatic rings. The molecule has 5 rings (SSSR count). The minimum Gasteiger partial charge on any atom is -0.352 e. The first kappa shape index (κ1) is 18.6. The average molecular weight is 403 g/mol. The Morgan fingerprint density at radius 1 is 1.23 bits per heavy atom. The summed E-state index contributed by atoms with van der Waals surface area (Å²) in [5.74, 6) is 1.88. The maximum absolute atomic E-state index is 12.1. The van der Waals surface area contributed by atoms with Crippen LogP contribution in [-0.4, -0.2) is 32.2 Å². The number of rotatable bonds is 6. The molecule has 8 nitrogen and oxygen atoms in total. The van der Waals surface area contributed by atoms with E-state index in [-0.39, 0.29) is 11.8 Å². The standard InChI is InChI=1S/C22H25N7O/c1-14-19-8-9-29(20(19)27-22(24-14)26-18-11-23-28(2)13-18)12-15-4-3-5-17(10-15)25-21(30)16-6-7-16/h3-5,10-11,13,16H,6-9,12H2,1-2H3,(H,25,30)(H,24,26,27). The molecule has 1 aliphatic heterocycles. The second-order valence-electron chi connectivity index (χ2n) is 8.10. The summed E-state index contributed by atoms with van der Waals surface area (Å²) in [6.07, 6.45) is 6.60. The molecule has 1 amide bonds. The SMILES string of the molecule is Cc1nc(Nc2cnn(C)c2)nc2c1CCN2Cc1cccc(NC(=O)C2CC2)c1. The maximum Gasteiger partial charge on any atom is 0.229 e. The molecule has 3 aromatic rings. The minimum absolute atomic E-state index is 0.133. The molecular formula is C22H25N7O. The summed E-state index contributed by atoms with van der Waals surface area (Å²) in [7, 11) is 1.88. The molecule has 1 aromatic carbocycles. The summed E-state index contributed by atoms with van der Waals surface area (Å²) in [6, 6.07) is 8.09. The largest absolute Gasteiger partial charge is 0.352 e. The Labute approximate surface area is 175 Å². The molecule has 3 heterocycles. The van der Waals surface area contributed by atoms with Gasteiger partial charge in [0.25, 0.3) is 0 Å². The van der Waals surface area contributed by atoms with Crippen molar-refractivity contribution in [3.05, 3.63) is 53.5 Å². The van der Waals surface area contributed by atoms with Gasteiger partial charge in [-0.3, -0.25) is 9.48 Å². The van der Waals surface area contributed by atoms with Crippen molar-refractivity contribution < 1.29 is 4.79 Å².